The summed E-state index contributed by atoms with van der Waals surface area (Å²) in [6, 6.07) is 6.87. The van der Waals surface area contributed by atoms with Crippen molar-refractivity contribution in [3.8, 4) is 5.75 Å². The van der Waals surface area contributed by atoms with Gasteiger partial charge < -0.3 is 15.4 Å². The summed E-state index contributed by atoms with van der Waals surface area (Å²) >= 11 is 7.53. The molecule has 1 aromatic heterocycles. The van der Waals surface area contributed by atoms with Crippen LogP contribution < -0.4 is 15.4 Å². The lowest BCUT2D eigenvalue weighted by Crippen LogP contribution is -2.41. The molecular weight excluding hydrogens is 322 g/mol. The van der Waals surface area contributed by atoms with E-state index in [1.165, 1.54) is 11.3 Å². The Morgan fingerprint density at radius 3 is 2.86 bits per heavy atom. The van der Waals surface area contributed by atoms with Gasteiger partial charge in [0.1, 0.15) is 16.9 Å². The number of ether oxygens (including phenoxy) is 1. The van der Waals surface area contributed by atoms with Gasteiger partial charge in [0.25, 0.3) is 0 Å². The zero-order valence-electron chi connectivity index (χ0n) is 12.4. The third kappa shape index (κ3) is 4.89. The van der Waals surface area contributed by atoms with Crippen molar-refractivity contribution >= 4 is 29.0 Å². The summed E-state index contributed by atoms with van der Waals surface area (Å²) in [6.45, 7) is 4.14. The minimum Gasteiger partial charge on any atom is -0.487 e. The third-order valence-corrected chi connectivity index (χ3v) is 4.15. The molecule has 1 aromatic carbocycles. The van der Waals surface area contributed by atoms with Crippen molar-refractivity contribution in [1.29, 1.82) is 0 Å². The number of amides is 2. The number of para-hydroxylation sites is 1. The molecule has 0 bridgehead atoms. The number of benzene rings is 1. The SMILES string of the molecule is C[C@H](CNC(=O)N[C@@H](C)c1nccs1)Oc1ccccc1Cl. The number of hydrogen-bond acceptors (Lipinski definition) is 4. The van der Waals surface area contributed by atoms with Crippen molar-refractivity contribution in [2.75, 3.05) is 6.54 Å². The normalized spacial score (nSPS) is 13.2. The van der Waals surface area contributed by atoms with Crippen LogP contribution in [0.15, 0.2) is 35.8 Å². The number of halogens is 1. The summed E-state index contributed by atoms with van der Waals surface area (Å²) in [4.78, 5) is 16.0. The fraction of sp³-hybridized carbons (Fsp3) is 0.333. The van der Waals surface area contributed by atoms with Crippen LogP contribution in [0.5, 0.6) is 5.75 Å². The van der Waals surface area contributed by atoms with Gasteiger partial charge in [-0.15, -0.1) is 11.3 Å². The lowest BCUT2D eigenvalue weighted by molar-refractivity contribution is 0.206. The summed E-state index contributed by atoms with van der Waals surface area (Å²) < 4.78 is 5.69. The number of aromatic nitrogens is 1. The van der Waals surface area contributed by atoms with E-state index in [0.29, 0.717) is 17.3 Å². The van der Waals surface area contributed by atoms with Gasteiger partial charge in [-0.3, -0.25) is 0 Å². The van der Waals surface area contributed by atoms with Crippen LogP contribution in [-0.2, 0) is 0 Å². The number of carbonyl (C=O) groups excluding carboxylic acids is 1. The maximum atomic E-state index is 11.8. The zero-order chi connectivity index (χ0) is 15.9. The molecule has 2 N–H and O–H groups in total. The number of thiazole rings is 1. The fourth-order valence-electron chi connectivity index (χ4n) is 1.79. The van der Waals surface area contributed by atoms with Crippen LogP contribution in [0, 0.1) is 0 Å². The van der Waals surface area contributed by atoms with Gasteiger partial charge in [0, 0.05) is 11.6 Å². The molecule has 0 unspecified atom stereocenters. The smallest absolute Gasteiger partial charge is 0.315 e. The molecular formula is C15H18ClN3O2S. The summed E-state index contributed by atoms with van der Waals surface area (Å²) in [5.74, 6) is 0.607. The van der Waals surface area contributed by atoms with Gasteiger partial charge in [-0.1, -0.05) is 23.7 Å². The highest BCUT2D eigenvalue weighted by molar-refractivity contribution is 7.09. The van der Waals surface area contributed by atoms with Crippen LogP contribution >= 0.6 is 22.9 Å². The van der Waals surface area contributed by atoms with E-state index >= 15 is 0 Å². The lowest BCUT2D eigenvalue weighted by Gasteiger charge is -2.17. The Morgan fingerprint density at radius 1 is 1.41 bits per heavy atom. The van der Waals surface area contributed by atoms with Gasteiger partial charge in [0.05, 0.1) is 17.6 Å². The van der Waals surface area contributed by atoms with Gasteiger partial charge in [0.15, 0.2) is 0 Å². The summed E-state index contributed by atoms with van der Waals surface area (Å²) in [6.07, 6.45) is 1.52. The number of nitrogens with one attached hydrogen (secondary N) is 2. The Kier molecular flexibility index (Phi) is 6.03. The molecule has 0 aliphatic heterocycles. The predicted octanol–water partition coefficient (Wildman–Crippen LogP) is 3.62. The molecule has 7 heteroatoms. The number of hydrogen-bond donors (Lipinski definition) is 2. The van der Waals surface area contributed by atoms with Crippen LogP contribution in [0.25, 0.3) is 0 Å². The molecule has 118 valence electrons. The van der Waals surface area contributed by atoms with E-state index in [1.54, 1.807) is 18.3 Å². The topological polar surface area (TPSA) is 63.2 Å². The molecule has 1 heterocycles. The van der Waals surface area contributed by atoms with E-state index in [9.17, 15) is 4.79 Å². The van der Waals surface area contributed by atoms with Gasteiger partial charge in [-0.25, -0.2) is 9.78 Å². The van der Waals surface area contributed by atoms with Gasteiger partial charge in [-0.2, -0.15) is 0 Å². The minimum absolute atomic E-state index is 0.125. The van der Waals surface area contributed by atoms with Crippen molar-refractivity contribution in [3.05, 3.63) is 45.9 Å². The standard InChI is InChI=1S/C15H18ClN3O2S/c1-10(21-13-6-4-3-5-12(13)16)9-18-15(20)19-11(2)14-17-7-8-22-14/h3-8,10-11H,9H2,1-2H3,(H2,18,19,20)/t10-,11+/m1/s1. The number of carbonyl (C=O) groups is 1. The van der Waals surface area contributed by atoms with E-state index in [1.807, 2.05) is 31.4 Å². The van der Waals surface area contributed by atoms with Crippen LogP contribution in [0.3, 0.4) is 0 Å². The number of nitrogens with zero attached hydrogens (tertiary/aromatic N) is 1. The first-order chi connectivity index (χ1) is 10.6. The van der Waals surface area contributed by atoms with Crippen molar-refractivity contribution < 1.29 is 9.53 Å². The van der Waals surface area contributed by atoms with Gasteiger partial charge in [0.2, 0.25) is 0 Å². The molecule has 0 saturated carbocycles. The third-order valence-electron chi connectivity index (χ3n) is 2.88. The Labute approximate surface area is 138 Å². The van der Waals surface area contributed by atoms with E-state index in [4.69, 9.17) is 16.3 Å². The predicted molar refractivity (Wildman–Crippen MR) is 88.6 cm³/mol. The average Bonchev–Trinajstić information content (AvgIpc) is 3.02. The molecule has 2 rings (SSSR count). The van der Waals surface area contributed by atoms with E-state index in [-0.39, 0.29) is 18.2 Å². The molecule has 0 aliphatic carbocycles. The highest BCUT2D eigenvalue weighted by atomic mass is 35.5. The molecule has 0 spiro atoms. The average molecular weight is 340 g/mol. The Balaban J connectivity index is 1.75. The van der Waals surface area contributed by atoms with Crippen LogP contribution in [0.1, 0.15) is 24.9 Å². The Hall–Kier alpha value is -1.79. The Morgan fingerprint density at radius 2 is 2.18 bits per heavy atom. The minimum atomic E-state index is -0.252. The molecule has 0 aliphatic rings. The fourth-order valence-corrected chi connectivity index (χ4v) is 2.62. The van der Waals surface area contributed by atoms with Crippen molar-refractivity contribution in [1.82, 2.24) is 15.6 Å². The van der Waals surface area contributed by atoms with E-state index in [0.717, 1.165) is 5.01 Å². The molecule has 5 nitrogen and oxygen atoms in total. The summed E-state index contributed by atoms with van der Waals surface area (Å²) in [5.41, 5.74) is 0. The first kappa shape index (κ1) is 16.6. The van der Waals surface area contributed by atoms with Crippen molar-refractivity contribution in [2.24, 2.45) is 0 Å². The van der Waals surface area contributed by atoms with Gasteiger partial charge >= 0.3 is 6.03 Å². The molecule has 0 radical (unpaired) electrons. The largest absolute Gasteiger partial charge is 0.487 e. The van der Waals surface area contributed by atoms with E-state index in [2.05, 4.69) is 15.6 Å². The van der Waals surface area contributed by atoms with Crippen molar-refractivity contribution in [2.45, 2.75) is 26.0 Å². The molecule has 0 saturated heterocycles. The highest BCUT2D eigenvalue weighted by Crippen LogP contribution is 2.24. The molecule has 2 aromatic rings. The zero-order valence-corrected chi connectivity index (χ0v) is 13.9. The summed E-state index contributed by atoms with van der Waals surface area (Å²) in [7, 11) is 0. The maximum Gasteiger partial charge on any atom is 0.315 e. The second kappa shape index (κ2) is 8.00. The molecule has 22 heavy (non-hydrogen) atoms. The quantitative estimate of drug-likeness (QED) is 0.844. The Bertz CT molecular complexity index is 607. The van der Waals surface area contributed by atoms with Crippen LogP contribution in [-0.4, -0.2) is 23.7 Å². The van der Waals surface area contributed by atoms with Gasteiger partial charge in [-0.05, 0) is 26.0 Å². The number of rotatable bonds is 6. The maximum absolute atomic E-state index is 11.8. The monoisotopic (exact) mass is 339 g/mol. The van der Waals surface area contributed by atoms with Crippen LogP contribution in [0.2, 0.25) is 5.02 Å². The summed E-state index contributed by atoms with van der Waals surface area (Å²) in [5, 5.41) is 8.91. The first-order valence-corrected chi connectivity index (χ1v) is 8.17. The molecule has 2 atom stereocenters. The van der Waals surface area contributed by atoms with Crippen molar-refractivity contribution in [3.63, 3.8) is 0 Å². The molecule has 2 amide bonds. The molecule has 0 fully saturated rings. The second-order valence-corrected chi connectivity index (χ2v) is 6.14. The highest BCUT2D eigenvalue weighted by Gasteiger charge is 2.13. The lowest BCUT2D eigenvalue weighted by atomic mass is 10.3. The second-order valence-electron chi connectivity index (χ2n) is 4.81. The first-order valence-electron chi connectivity index (χ1n) is 6.91. The number of urea groups is 1. The van der Waals surface area contributed by atoms with Crippen LogP contribution in [0.4, 0.5) is 4.79 Å². The van der Waals surface area contributed by atoms with E-state index < -0.39 is 0 Å².